The van der Waals surface area contributed by atoms with E-state index in [4.69, 9.17) is 0 Å². The topological polar surface area (TPSA) is 41.4 Å². The standard InChI is InChI=1S/C23H24N4O/c1-19-6-5-9-22(16-19)25-12-14-26(15-13-25)23(28)11-10-20-17-24-27(18-20)21-7-3-2-4-8-21/h2-11,16-18H,12-15H2,1H3. The minimum absolute atomic E-state index is 0.0522. The van der Waals surface area contributed by atoms with Gasteiger partial charge in [-0.05, 0) is 42.8 Å². The Kier molecular flexibility index (Phi) is 5.24. The second kappa shape index (κ2) is 8.13. The second-order valence-corrected chi connectivity index (χ2v) is 7.04. The molecule has 4 rings (SSSR count). The highest BCUT2D eigenvalue weighted by atomic mass is 16.2. The van der Waals surface area contributed by atoms with E-state index in [0.29, 0.717) is 0 Å². The number of amides is 1. The molecular weight excluding hydrogens is 348 g/mol. The summed E-state index contributed by atoms with van der Waals surface area (Å²) in [6.07, 6.45) is 7.18. The molecule has 1 aromatic heterocycles. The van der Waals surface area contributed by atoms with Gasteiger partial charge in [0.15, 0.2) is 0 Å². The van der Waals surface area contributed by atoms with Crippen LogP contribution in [-0.2, 0) is 4.79 Å². The van der Waals surface area contributed by atoms with E-state index in [1.165, 1.54) is 11.3 Å². The van der Waals surface area contributed by atoms with Crippen LogP contribution in [0.15, 0.2) is 73.1 Å². The molecule has 0 atom stereocenters. The Balaban J connectivity index is 1.34. The number of aromatic nitrogens is 2. The van der Waals surface area contributed by atoms with Crippen molar-refractivity contribution >= 4 is 17.7 Å². The van der Waals surface area contributed by atoms with Crippen LogP contribution in [0.4, 0.5) is 5.69 Å². The van der Waals surface area contributed by atoms with Crippen molar-refractivity contribution in [3.05, 3.63) is 84.2 Å². The second-order valence-electron chi connectivity index (χ2n) is 7.04. The quantitative estimate of drug-likeness (QED) is 0.658. The van der Waals surface area contributed by atoms with Gasteiger partial charge in [0.2, 0.25) is 5.91 Å². The summed E-state index contributed by atoms with van der Waals surface area (Å²) < 4.78 is 1.81. The summed E-state index contributed by atoms with van der Waals surface area (Å²) in [6, 6.07) is 18.5. The van der Waals surface area contributed by atoms with Gasteiger partial charge in [-0.1, -0.05) is 30.3 Å². The Morgan fingerprint density at radius 2 is 1.71 bits per heavy atom. The highest BCUT2D eigenvalue weighted by Crippen LogP contribution is 2.18. The molecule has 0 radical (unpaired) electrons. The Morgan fingerprint density at radius 1 is 0.964 bits per heavy atom. The molecule has 3 aromatic rings. The molecule has 5 nitrogen and oxygen atoms in total. The van der Waals surface area contributed by atoms with Crippen molar-refractivity contribution < 1.29 is 4.79 Å². The van der Waals surface area contributed by atoms with E-state index in [1.807, 2.05) is 52.2 Å². The smallest absolute Gasteiger partial charge is 0.246 e. The van der Waals surface area contributed by atoms with Gasteiger partial charge in [-0.3, -0.25) is 4.79 Å². The van der Waals surface area contributed by atoms with E-state index in [9.17, 15) is 4.79 Å². The number of rotatable bonds is 4. The summed E-state index contributed by atoms with van der Waals surface area (Å²) in [6.45, 7) is 5.29. The Bertz CT molecular complexity index is 969. The van der Waals surface area contributed by atoms with Gasteiger partial charge in [0.1, 0.15) is 0 Å². The van der Waals surface area contributed by atoms with Crippen molar-refractivity contribution in [2.75, 3.05) is 31.1 Å². The highest BCUT2D eigenvalue weighted by Gasteiger charge is 2.19. The molecule has 0 unspecified atom stereocenters. The van der Waals surface area contributed by atoms with Gasteiger partial charge in [0, 0.05) is 49.7 Å². The van der Waals surface area contributed by atoms with Gasteiger partial charge in [-0.15, -0.1) is 0 Å². The first-order valence-corrected chi connectivity index (χ1v) is 9.58. The average molecular weight is 372 g/mol. The van der Waals surface area contributed by atoms with Gasteiger partial charge in [-0.2, -0.15) is 5.10 Å². The van der Waals surface area contributed by atoms with E-state index in [1.54, 1.807) is 12.3 Å². The van der Waals surface area contributed by atoms with Crippen LogP contribution in [0.5, 0.6) is 0 Å². The monoisotopic (exact) mass is 372 g/mol. The number of para-hydroxylation sites is 1. The molecule has 1 aliphatic rings. The summed E-state index contributed by atoms with van der Waals surface area (Å²) >= 11 is 0. The molecule has 0 bridgehead atoms. The molecule has 0 N–H and O–H groups in total. The molecule has 0 saturated carbocycles. The fourth-order valence-corrected chi connectivity index (χ4v) is 3.43. The fourth-order valence-electron chi connectivity index (χ4n) is 3.43. The van der Waals surface area contributed by atoms with Gasteiger partial charge in [0.25, 0.3) is 0 Å². The van der Waals surface area contributed by atoms with Crippen LogP contribution in [0, 0.1) is 6.92 Å². The van der Waals surface area contributed by atoms with Crippen LogP contribution in [0.2, 0.25) is 0 Å². The number of aryl methyl sites for hydroxylation is 1. The van der Waals surface area contributed by atoms with Crippen LogP contribution in [0.1, 0.15) is 11.1 Å². The van der Waals surface area contributed by atoms with Gasteiger partial charge < -0.3 is 9.80 Å². The zero-order valence-electron chi connectivity index (χ0n) is 16.0. The zero-order chi connectivity index (χ0) is 19.3. The summed E-state index contributed by atoms with van der Waals surface area (Å²) in [5.41, 5.74) is 4.40. The predicted octanol–water partition coefficient (Wildman–Crippen LogP) is 3.54. The van der Waals surface area contributed by atoms with Gasteiger partial charge in [-0.25, -0.2) is 4.68 Å². The maximum Gasteiger partial charge on any atom is 0.246 e. The molecule has 2 heterocycles. The maximum atomic E-state index is 12.5. The first-order chi connectivity index (χ1) is 13.7. The van der Waals surface area contributed by atoms with Crippen LogP contribution in [0.25, 0.3) is 11.8 Å². The first-order valence-electron chi connectivity index (χ1n) is 9.58. The van der Waals surface area contributed by atoms with Crippen molar-refractivity contribution in [1.82, 2.24) is 14.7 Å². The van der Waals surface area contributed by atoms with E-state index >= 15 is 0 Å². The minimum atomic E-state index is 0.0522. The number of hydrogen-bond acceptors (Lipinski definition) is 3. The molecule has 0 spiro atoms. The largest absolute Gasteiger partial charge is 0.368 e. The van der Waals surface area contributed by atoms with Crippen molar-refractivity contribution in [3.8, 4) is 5.69 Å². The molecule has 2 aromatic carbocycles. The lowest BCUT2D eigenvalue weighted by molar-refractivity contribution is -0.126. The molecule has 0 aliphatic carbocycles. The number of benzene rings is 2. The number of hydrogen-bond donors (Lipinski definition) is 0. The lowest BCUT2D eigenvalue weighted by atomic mass is 10.2. The third kappa shape index (κ3) is 4.14. The van der Waals surface area contributed by atoms with Crippen molar-refractivity contribution in [2.24, 2.45) is 0 Å². The molecule has 1 amide bonds. The fraction of sp³-hybridized carbons (Fsp3) is 0.217. The average Bonchev–Trinajstić information content (AvgIpc) is 3.22. The molecule has 28 heavy (non-hydrogen) atoms. The lowest BCUT2D eigenvalue weighted by Crippen LogP contribution is -2.48. The Labute approximate surface area is 165 Å². The van der Waals surface area contributed by atoms with Gasteiger partial charge in [0.05, 0.1) is 11.9 Å². The Morgan fingerprint density at radius 3 is 2.46 bits per heavy atom. The molecule has 1 fully saturated rings. The van der Waals surface area contributed by atoms with Crippen molar-refractivity contribution in [2.45, 2.75) is 6.92 Å². The third-order valence-electron chi connectivity index (χ3n) is 5.00. The number of carbonyl (C=O) groups excluding carboxylic acids is 1. The van der Waals surface area contributed by atoms with E-state index in [2.05, 4.69) is 41.2 Å². The van der Waals surface area contributed by atoms with Crippen LogP contribution >= 0.6 is 0 Å². The van der Waals surface area contributed by atoms with Crippen LogP contribution in [0.3, 0.4) is 0 Å². The van der Waals surface area contributed by atoms with E-state index < -0.39 is 0 Å². The first kappa shape index (κ1) is 18.0. The molecule has 1 aliphatic heterocycles. The summed E-state index contributed by atoms with van der Waals surface area (Å²) in [5, 5.41) is 4.36. The molecular formula is C23H24N4O. The normalized spacial score (nSPS) is 14.6. The predicted molar refractivity (Wildman–Crippen MR) is 113 cm³/mol. The third-order valence-corrected chi connectivity index (χ3v) is 5.00. The summed E-state index contributed by atoms with van der Waals surface area (Å²) in [5.74, 6) is 0.0522. The minimum Gasteiger partial charge on any atom is -0.368 e. The Hall–Kier alpha value is -3.34. The maximum absolute atomic E-state index is 12.5. The number of anilines is 1. The van der Waals surface area contributed by atoms with Crippen molar-refractivity contribution in [3.63, 3.8) is 0 Å². The molecule has 142 valence electrons. The summed E-state index contributed by atoms with van der Waals surface area (Å²) in [4.78, 5) is 16.8. The van der Waals surface area contributed by atoms with Gasteiger partial charge >= 0.3 is 0 Å². The number of carbonyl (C=O) groups is 1. The van der Waals surface area contributed by atoms with Crippen LogP contribution in [-0.4, -0.2) is 46.8 Å². The lowest BCUT2D eigenvalue weighted by Gasteiger charge is -2.35. The molecule has 5 heteroatoms. The van der Waals surface area contributed by atoms with Crippen molar-refractivity contribution in [1.29, 1.82) is 0 Å². The highest BCUT2D eigenvalue weighted by molar-refractivity contribution is 5.91. The van der Waals surface area contributed by atoms with Crippen LogP contribution < -0.4 is 4.90 Å². The zero-order valence-corrected chi connectivity index (χ0v) is 16.0. The number of piperazine rings is 1. The van der Waals surface area contributed by atoms with E-state index in [0.717, 1.165) is 37.4 Å². The summed E-state index contributed by atoms with van der Waals surface area (Å²) in [7, 11) is 0. The molecule has 1 saturated heterocycles. The van der Waals surface area contributed by atoms with E-state index in [-0.39, 0.29) is 5.91 Å². The number of nitrogens with zero attached hydrogens (tertiary/aromatic N) is 4. The SMILES string of the molecule is Cc1cccc(N2CCN(C(=O)C=Cc3cnn(-c4ccccc4)c3)CC2)c1.